The van der Waals surface area contributed by atoms with Crippen molar-refractivity contribution in [1.29, 1.82) is 0 Å². The third kappa shape index (κ3) is 5.66. The molecule has 0 spiro atoms. The fraction of sp³-hybridized carbons (Fsp3) is 0.227. The van der Waals surface area contributed by atoms with Crippen LogP contribution < -0.4 is 0 Å². The number of hydrogen-bond acceptors (Lipinski definition) is 3. The molecule has 240 valence electrons. The Kier molecular flexibility index (Phi) is 7.91. The number of phenolic OH excluding ortho intramolecular Hbond substituents is 1. The van der Waals surface area contributed by atoms with Gasteiger partial charge in [0.15, 0.2) is 0 Å². The van der Waals surface area contributed by atoms with E-state index in [1.54, 1.807) is 6.07 Å². The minimum Gasteiger partial charge on any atom is -0.507 e. The van der Waals surface area contributed by atoms with Crippen molar-refractivity contribution in [2.75, 3.05) is 0 Å². The summed E-state index contributed by atoms with van der Waals surface area (Å²) < 4.78 is 2.19. The molecule has 0 aliphatic heterocycles. The molecule has 0 saturated carbocycles. The summed E-state index contributed by atoms with van der Waals surface area (Å²) in [6.07, 6.45) is 1.87. The van der Waals surface area contributed by atoms with Gasteiger partial charge in [-0.3, -0.25) is 9.55 Å². The Bertz CT molecular complexity index is 2280. The SMILES string of the molecule is CC(C)c1ccc(O)c(-c2nc3c(-c4cccc(-c5cc(C(C)C)cc6cccnc56)c4)cccc3n2-c2ccc(C(C)(C)C)cc2)c1. The zero-order chi connectivity index (χ0) is 33.7. The van der Waals surface area contributed by atoms with Crippen molar-refractivity contribution in [1.82, 2.24) is 14.5 Å². The average molecular weight is 630 g/mol. The number of aromatic hydroxyl groups is 1. The van der Waals surface area contributed by atoms with Crippen molar-refractivity contribution >= 4 is 21.9 Å². The molecule has 0 fully saturated rings. The number of pyridine rings is 1. The van der Waals surface area contributed by atoms with Crippen LogP contribution in [0.2, 0.25) is 0 Å². The van der Waals surface area contributed by atoms with Gasteiger partial charge in [-0.1, -0.05) is 103 Å². The lowest BCUT2D eigenvalue weighted by Gasteiger charge is -2.20. The lowest BCUT2D eigenvalue weighted by molar-refractivity contribution is 0.476. The summed E-state index contributed by atoms with van der Waals surface area (Å²) in [5.74, 6) is 1.65. The summed E-state index contributed by atoms with van der Waals surface area (Å²) in [6, 6.07) is 38.4. The van der Waals surface area contributed by atoms with Crippen LogP contribution in [0, 0.1) is 0 Å². The first kappa shape index (κ1) is 31.4. The molecule has 48 heavy (non-hydrogen) atoms. The van der Waals surface area contributed by atoms with Gasteiger partial charge in [-0.25, -0.2) is 4.98 Å². The van der Waals surface area contributed by atoms with Crippen LogP contribution in [0.4, 0.5) is 0 Å². The van der Waals surface area contributed by atoms with Crippen LogP contribution in [0.3, 0.4) is 0 Å². The van der Waals surface area contributed by atoms with Crippen molar-refractivity contribution in [3.8, 4) is 45.1 Å². The molecule has 0 aliphatic carbocycles. The monoisotopic (exact) mass is 629 g/mol. The highest BCUT2D eigenvalue weighted by molar-refractivity contribution is 5.99. The molecule has 7 aromatic rings. The predicted octanol–water partition coefficient (Wildman–Crippen LogP) is 11.8. The quantitative estimate of drug-likeness (QED) is 0.199. The summed E-state index contributed by atoms with van der Waals surface area (Å²) in [6.45, 7) is 15.5. The van der Waals surface area contributed by atoms with Crippen LogP contribution in [0.5, 0.6) is 5.75 Å². The van der Waals surface area contributed by atoms with Gasteiger partial charge < -0.3 is 5.11 Å². The molecule has 0 bridgehead atoms. The molecular formula is C44H43N3O. The highest BCUT2D eigenvalue weighted by Gasteiger charge is 2.22. The number of fused-ring (bicyclic) bond motifs is 2. The van der Waals surface area contributed by atoms with Crippen LogP contribution in [0.15, 0.2) is 115 Å². The summed E-state index contributed by atoms with van der Waals surface area (Å²) >= 11 is 0. The highest BCUT2D eigenvalue weighted by atomic mass is 16.3. The first-order valence-electron chi connectivity index (χ1n) is 16.9. The Morgan fingerprint density at radius 1 is 0.625 bits per heavy atom. The smallest absolute Gasteiger partial charge is 0.149 e. The Balaban J connectivity index is 1.46. The molecule has 7 rings (SSSR count). The number of aromatic nitrogens is 3. The third-order valence-corrected chi connectivity index (χ3v) is 9.48. The standard InChI is InChI=1S/C44H43N3O/c1-27(2)29-16-21-40(48)38(25-29)43-46-42-36(14-9-15-39(42)47(43)35-19-17-34(18-20-35)44(5,6)7)30-11-8-12-31(23-30)37-26-33(28(3)4)24-32-13-10-22-45-41(32)37/h8-28,48H,1-7H3. The van der Waals surface area contributed by atoms with Gasteiger partial charge in [0.2, 0.25) is 0 Å². The van der Waals surface area contributed by atoms with Gasteiger partial charge in [0.1, 0.15) is 11.6 Å². The largest absolute Gasteiger partial charge is 0.507 e. The summed E-state index contributed by atoms with van der Waals surface area (Å²) in [5.41, 5.74) is 12.7. The second-order valence-electron chi connectivity index (χ2n) is 14.6. The molecule has 2 heterocycles. The molecule has 0 amide bonds. The number of rotatable bonds is 6. The third-order valence-electron chi connectivity index (χ3n) is 9.48. The average Bonchev–Trinajstić information content (AvgIpc) is 3.47. The van der Waals surface area contributed by atoms with E-state index in [1.807, 2.05) is 18.3 Å². The molecule has 5 aromatic carbocycles. The molecule has 1 N–H and O–H groups in total. The van der Waals surface area contributed by atoms with E-state index in [9.17, 15) is 5.11 Å². The minimum absolute atomic E-state index is 0.0376. The molecule has 0 saturated heterocycles. The Hall–Kier alpha value is -5.22. The Labute approximate surface area is 283 Å². The van der Waals surface area contributed by atoms with Gasteiger partial charge in [0, 0.05) is 28.4 Å². The second-order valence-corrected chi connectivity index (χ2v) is 14.6. The van der Waals surface area contributed by atoms with E-state index in [1.165, 1.54) is 11.1 Å². The van der Waals surface area contributed by atoms with Gasteiger partial charge in [-0.2, -0.15) is 0 Å². The molecule has 0 atom stereocenters. The van der Waals surface area contributed by atoms with E-state index >= 15 is 0 Å². The fourth-order valence-electron chi connectivity index (χ4n) is 6.60. The van der Waals surface area contributed by atoms with Gasteiger partial charge in [0.05, 0.1) is 22.1 Å². The topological polar surface area (TPSA) is 50.9 Å². The van der Waals surface area contributed by atoms with Crippen LogP contribution in [-0.2, 0) is 5.41 Å². The van der Waals surface area contributed by atoms with E-state index < -0.39 is 0 Å². The molecule has 4 heteroatoms. The summed E-state index contributed by atoms with van der Waals surface area (Å²) in [7, 11) is 0. The maximum absolute atomic E-state index is 11.3. The predicted molar refractivity (Wildman–Crippen MR) is 201 cm³/mol. The zero-order valence-corrected chi connectivity index (χ0v) is 28.9. The maximum Gasteiger partial charge on any atom is 0.149 e. The zero-order valence-electron chi connectivity index (χ0n) is 28.9. The second kappa shape index (κ2) is 12.1. The number of benzene rings is 5. The summed E-state index contributed by atoms with van der Waals surface area (Å²) in [4.78, 5) is 10.2. The normalized spacial score (nSPS) is 12.1. The van der Waals surface area contributed by atoms with E-state index in [0.29, 0.717) is 11.8 Å². The van der Waals surface area contributed by atoms with Crippen molar-refractivity contribution in [3.63, 3.8) is 0 Å². The number of nitrogens with zero attached hydrogens (tertiary/aromatic N) is 3. The van der Waals surface area contributed by atoms with Crippen LogP contribution in [0.1, 0.15) is 77.0 Å². The molecule has 2 aromatic heterocycles. The van der Waals surface area contributed by atoms with E-state index in [2.05, 4.69) is 144 Å². The van der Waals surface area contributed by atoms with Crippen molar-refractivity contribution in [2.24, 2.45) is 0 Å². The summed E-state index contributed by atoms with van der Waals surface area (Å²) in [5, 5.41) is 12.4. The lowest BCUT2D eigenvalue weighted by Crippen LogP contribution is -2.11. The van der Waals surface area contributed by atoms with Gasteiger partial charge in [-0.15, -0.1) is 0 Å². The Morgan fingerprint density at radius 3 is 2.02 bits per heavy atom. The first-order valence-corrected chi connectivity index (χ1v) is 16.9. The van der Waals surface area contributed by atoms with E-state index in [0.717, 1.165) is 66.8 Å². The Morgan fingerprint density at radius 2 is 1.31 bits per heavy atom. The molecule has 4 nitrogen and oxygen atoms in total. The number of phenols is 1. The molecular weight excluding hydrogens is 587 g/mol. The van der Waals surface area contributed by atoms with Crippen LogP contribution in [0.25, 0.3) is 61.3 Å². The number of hydrogen-bond donors (Lipinski definition) is 1. The van der Waals surface area contributed by atoms with Crippen LogP contribution in [-0.4, -0.2) is 19.6 Å². The van der Waals surface area contributed by atoms with Crippen molar-refractivity contribution in [2.45, 2.75) is 65.7 Å². The van der Waals surface area contributed by atoms with Crippen molar-refractivity contribution in [3.05, 3.63) is 132 Å². The molecule has 0 aliphatic rings. The van der Waals surface area contributed by atoms with Crippen molar-refractivity contribution < 1.29 is 5.11 Å². The highest BCUT2D eigenvalue weighted by Crippen LogP contribution is 2.40. The number of imidazole rings is 1. The molecule has 0 unspecified atom stereocenters. The van der Waals surface area contributed by atoms with Gasteiger partial charge in [-0.05, 0) is 99.7 Å². The van der Waals surface area contributed by atoms with Gasteiger partial charge >= 0.3 is 0 Å². The maximum atomic E-state index is 11.3. The fourth-order valence-corrected chi connectivity index (χ4v) is 6.60. The lowest BCUT2D eigenvalue weighted by atomic mass is 9.87. The van der Waals surface area contributed by atoms with Gasteiger partial charge in [0.25, 0.3) is 0 Å². The van der Waals surface area contributed by atoms with E-state index in [-0.39, 0.29) is 11.2 Å². The first-order chi connectivity index (χ1) is 23.0. The minimum atomic E-state index is 0.0376. The number of para-hydroxylation sites is 1. The van der Waals surface area contributed by atoms with E-state index in [4.69, 9.17) is 9.97 Å². The van der Waals surface area contributed by atoms with Crippen LogP contribution >= 0.6 is 0 Å². The molecule has 0 radical (unpaired) electrons.